The summed E-state index contributed by atoms with van der Waals surface area (Å²) < 4.78 is 0. The van der Waals surface area contributed by atoms with E-state index in [0.29, 0.717) is 15.6 Å². The van der Waals surface area contributed by atoms with E-state index in [1.807, 2.05) is 0 Å². The van der Waals surface area contributed by atoms with E-state index in [1.165, 1.54) is 0 Å². The Morgan fingerprint density at radius 2 is 1.81 bits per heavy atom. The number of thiophene rings is 1. The number of anilines is 1. The first-order valence-electron chi connectivity index (χ1n) is 8.51. The molecule has 136 valence electrons. The lowest BCUT2D eigenvalue weighted by Crippen LogP contribution is -2.23. The lowest BCUT2D eigenvalue weighted by Gasteiger charge is -2.21. The van der Waals surface area contributed by atoms with Gasteiger partial charge in [0, 0.05) is 23.7 Å². The van der Waals surface area contributed by atoms with Gasteiger partial charge in [0.1, 0.15) is 22.1 Å². The van der Waals surface area contributed by atoms with Crippen molar-refractivity contribution in [2.75, 3.05) is 18.0 Å². The normalized spacial score (nSPS) is 16.0. The van der Waals surface area contributed by atoms with Gasteiger partial charge in [-0.15, -0.1) is 11.3 Å². The maximum atomic E-state index is 11.8. The molecule has 1 aliphatic rings. The molecule has 1 aliphatic heterocycles. The maximum Gasteiger partial charge on any atom is 0.346 e. The fourth-order valence-electron chi connectivity index (χ4n) is 3.27. The minimum atomic E-state index is -1.19. The predicted octanol–water partition coefficient (Wildman–Crippen LogP) is 4.43. The van der Waals surface area contributed by atoms with Crippen molar-refractivity contribution >= 4 is 33.9 Å². The monoisotopic (exact) mass is 390 g/mol. The van der Waals surface area contributed by atoms with Crippen LogP contribution >= 0.6 is 22.9 Å². The highest BCUT2D eigenvalue weighted by molar-refractivity contribution is 7.18. The average molecular weight is 391 g/mol. The second-order valence-electron chi connectivity index (χ2n) is 6.30. The molecule has 0 aliphatic carbocycles. The summed E-state index contributed by atoms with van der Waals surface area (Å²) in [4.78, 5) is 13.9. The second kappa shape index (κ2) is 8.09. The van der Waals surface area contributed by atoms with E-state index in [-0.39, 0.29) is 16.0 Å². The number of aromatic carboxylic acids is 1. The van der Waals surface area contributed by atoms with Gasteiger partial charge in [-0.25, -0.2) is 4.79 Å². The first kappa shape index (κ1) is 18.7. The molecule has 1 unspecified atom stereocenters. The molecular weight excluding hydrogens is 372 g/mol. The Hall–Kier alpha value is -2.07. The third-order valence-corrected chi connectivity index (χ3v) is 6.09. The van der Waals surface area contributed by atoms with Crippen LogP contribution in [-0.2, 0) is 0 Å². The van der Waals surface area contributed by atoms with E-state index >= 15 is 0 Å². The summed E-state index contributed by atoms with van der Waals surface area (Å²) in [7, 11) is 0. The number of benzene rings is 1. The van der Waals surface area contributed by atoms with E-state index < -0.39 is 12.1 Å². The highest BCUT2D eigenvalue weighted by Crippen LogP contribution is 2.41. The quantitative estimate of drug-likeness (QED) is 0.806. The summed E-state index contributed by atoms with van der Waals surface area (Å²) in [6, 6.07) is 8.69. The zero-order valence-corrected chi connectivity index (χ0v) is 15.7. The number of rotatable bonds is 4. The van der Waals surface area contributed by atoms with E-state index in [1.54, 1.807) is 24.3 Å². The largest absolute Gasteiger partial charge is 0.477 e. The third-order valence-electron chi connectivity index (χ3n) is 4.59. The van der Waals surface area contributed by atoms with Gasteiger partial charge in [-0.05, 0) is 30.5 Å². The van der Waals surface area contributed by atoms with Gasteiger partial charge in [0.15, 0.2) is 0 Å². The van der Waals surface area contributed by atoms with Crippen molar-refractivity contribution in [3.63, 3.8) is 0 Å². The van der Waals surface area contributed by atoms with Gasteiger partial charge in [-0.3, -0.25) is 0 Å². The zero-order valence-electron chi connectivity index (χ0n) is 14.1. The van der Waals surface area contributed by atoms with Crippen molar-refractivity contribution in [2.24, 2.45) is 0 Å². The van der Waals surface area contributed by atoms with E-state index in [0.717, 1.165) is 50.1 Å². The SMILES string of the molecule is N#Cc1c(N2CCCCCC2)sc(C(=O)O)c1C(O)c1ccc(Cl)cc1. The molecule has 0 saturated carbocycles. The van der Waals surface area contributed by atoms with Crippen molar-refractivity contribution in [3.05, 3.63) is 50.9 Å². The molecule has 0 spiro atoms. The van der Waals surface area contributed by atoms with Crippen molar-refractivity contribution in [2.45, 2.75) is 31.8 Å². The van der Waals surface area contributed by atoms with Crippen LogP contribution in [0.3, 0.4) is 0 Å². The van der Waals surface area contributed by atoms with Crippen molar-refractivity contribution < 1.29 is 15.0 Å². The molecule has 2 heterocycles. The van der Waals surface area contributed by atoms with Crippen LogP contribution in [0.1, 0.15) is 58.1 Å². The Morgan fingerprint density at radius 3 is 2.35 bits per heavy atom. The molecule has 1 fully saturated rings. The fourth-order valence-corrected chi connectivity index (χ4v) is 4.57. The van der Waals surface area contributed by atoms with Gasteiger partial charge < -0.3 is 15.1 Å². The third kappa shape index (κ3) is 3.70. The number of hydrogen-bond donors (Lipinski definition) is 2. The molecule has 0 radical (unpaired) electrons. The first-order chi connectivity index (χ1) is 12.5. The molecule has 1 aromatic carbocycles. The van der Waals surface area contributed by atoms with Gasteiger partial charge in [-0.1, -0.05) is 36.6 Å². The molecule has 0 amide bonds. The molecule has 1 atom stereocenters. The summed E-state index contributed by atoms with van der Waals surface area (Å²) in [6.07, 6.45) is 3.11. The Kier molecular flexibility index (Phi) is 5.82. The predicted molar refractivity (Wildman–Crippen MR) is 102 cm³/mol. The van der Waals surface area contributed by atoms with Gasteiger partial charge in [0.2, 0.25) is 0 Å². The molecule has 2 aromatic rings. The lowest BCUT2D eigenvalue weighted by atomic mass is 9.98. The standard InChI is InChI=1S/C19H19ClN2O3S/c20-13-7-5-12(6-8-13)16(23)15-14(11-21)18(26-17(15)19(24)25)22-9-3-1-2-4-10-22/h5-8,16,23H,1-4,9-10H2,(H,24,25). The van der Waals surface area contributed by atoms with E-state index in [2.05, 4.69) is 11.0 Å². The maximum absolute atomic E-state index is 11.8. The first-order valence-corrected chi connectivity index (χ1v) is 9.71. The Bertz CT molecular complexity index is 834. The number of halogens is 1. The molecule has 1 aromatic heterocycles. The Labute approximate surface area is 161 Å². The van der Waals surface area contributed by atoms with Crippen LogP contribution < -0.4 is 4.90 Å². The average Bonchev–Trinajstić information content (AvgIpc) is 2.81. The molecule has 7 heteroatoms. The molecule has 2 N–H and O–H groups in total. The molecule has 5 nitrogen and oxygen atoms in total. The summed E-state index contributed by atoms with van der Waals surface area (Å²) in [6.45, 7) is 1.59. The van der Waals surface area contributed by atoms with Gasteiger partial charge >= 0.3 is 5.97 Å². The fraction of sp³-hybridized carbons (Fsp3) is 0.368. The number of nitriles is 1. The summed E-state index contributed by atoms with van der Waals surface area (Å²) in [5.74, 6) is -1.13. The Morgan fingerprint density at radius 1 is 1.19 bits per heavy atom. The highest BCUT2D eigenvalue weighted by Gasteiger charge is 2.30. The van der Waals surface area contributed by atoms with E-state index in [4.69, 9.17) is 11.6 Å². The minimum absolute atomic E-state index is 0.0169. The van der Waals surface area contributed by atoms with Crippen molar-refractivity contribution in [1.29, 1.82) is 5.26 Å². The summed E-state index contributed by atoms with van der Waals surface area (Å²) in [5.41, 5.74) is 0.942. The van der Waals surface area contributed by atoms with E-state index in [9.17, 15) is 20.3 Å². The van der Waals surface area contributed by atoms with Gasteiger partial charge in [0.05, 0.1) is 5.56 Å². The molecule has 1 saturated heterocycles. The topological polar surface area (TPSA) is 84.6 Å². The summed E-state index contributed by atoms with van der Waals surface area (Å²) >= 11 is 6.97. The number of carbonyl (C=O) groups is 1. The highest BCUT2D eigenvalue weighted by atomic mass is 35.5. The van der Waals surface area contributed by atoms with Crippen LogP contribution in [0, 0.1) is 11.3 Å². The molecule has 26 heavy (non-hydrogen) atoms. The second-order valence-corrected chi connectivity index (χ2v) is 7.73. The van der Waals surface area contributed by atoms with Crippen LogP contribution in [-0.4, -0.2) is 29.3 Å². The number of carboxylic acids is 1. The molecule has 0 bridgehead atoms. The van der Waals surface area contributed by atoms with Crippen LogP contribution in [0.15, 0.2) is 24.3 Å². The van der Waals surface area contributed by atoms with Crippen LogP contribution in [0.4, 0.5) is 5.00 Å². The van der Waals surface area contributed by atoms with Crippen LogP contribution in [0.2, 0.25) is 5.02 Å². The molecule has 3 rings (SSSR count). The van der Waals surface area contributed by atoms with Crippen molar-refractivity contribution in [1.82, 2.24) is 0 Å². The number of aliphatic hydroxyl groups is 1. The zero-order chi connectivity index (χ0) is 18.7. The number of hydrogen-bond acceptors (Lipinski definition) is 5. The van der Waals surface area contributed by atoms with Crippen LogP contribution in [0.25, 0.3) is 0 Å². The number of aliphatic hydroxyl groups excluding tert-OH is 1. The van der Waals surface area contributed by atoms with Gasteiger partial charge in [-0.2, -0.15) is 5.26 Å². The van der Waals surface area contributed by atoms with Crippen LogP contribution in [0.5, 0.6) is 0 Å². The number of carboxylic acid groups (broad SMARTS) is 1. The van der Waals surface area contributed by atoms with Crippen molar-refractivity contribution in [3.8, 4) is 6.07 Å². The lowest BCUT2D eigenvalue weighted by molar-refractivity contribution is 0.0697. The number of nitrogens with zero attached hydrogens (tertiary/aromatic N) is 2. The minimum Gasteiger partial charge on any atom is -0.477 e. The summed E-state index contributed by atoms with van der Waals surface area (Å²) in [5, 5.41) is 31.4. The van der Waals surface area contributed by atoms with Gasteiger partial charge in [0.25, 0.3) is 0 Å². The molecular formula is C19H19ClN2O3S. The Balaban J connectivity index is 2.09. The smallest absolute Gasteiger partial charge is 0.346 e.